The molecule has 18 heavy (non-hydrogen) atoms. The molecule has 2 aromatic rings. The standard InChI is InChI=1S/C14H14N2O2/c1-9-8-10(6-7-13(9)17)16-14(18)11-4-2-3-5-12(11)15/h2-8,17H,15H2,1H3,(H,16,18). The van der Waals surface area contributed by atoms with Crippen LogP contribution in [0.2, 0.25) is 0 Å². The predicted molar refractivity (Wildman–Crippen MR) is 71.7 cm³/mol. The summed E-state index contributed by atoms with van der Waals surface area (Å²) < 4.78 is 0. The molecule has 0 unspecified atom stereocenters. The number of benzene rings is 2. The van der Waals surface area contributed by atoms with Crippen LogP contribution in [0.15, 0.2) is 42.5 Å². The second-order valence-electron chi connectivity index (χ2n) is 4.04. The monoisotopic (exact) mass is 242 g/mol. The van der Waals surface area contributed by atoms with Crippen molar-refractivity contribution in [3.05, 3.63) is 53.6 Å². The Morgan fingerprint density at radius 3 is 2.61 bits per heavy atom. The smallest absolute Gasteiger partial charge is 0.257 e. The molecule has 0 spiro atoms. The first-order chi connectivity index (χ1) is 8.58. The fraction of sp³-hybridized carbons (Fsp3) is 0.0714. The largest absolute Gasteiger partial charge is 0.508 e. The van der Waals surface area contributed by atoms with Crippen LogP contribution in [0.3, 0.4) is 0 Å². The Labute approximate surface area is 105 Å². The molecule has 2 aromatic carbocycles. The minimum absolute atomic E-state index is 0.201. The summed E-state index contributed by atoms with van der Waals surface area (Å²) in [4.78, 5) is 12.0. The number of aromatic hydroxyl groups is 1. The molecule has 1 amide bonds. The zero-order valence-electron chi connectivity index (χ0n) is 9.97. The summed E-state index contributed by atoms with van der Waals surface area (Å²) in [6, 6.07) is 11.8. The maximum absolute atomic E-state index is 12.0. The van der Waals surface area contributed by atoms with Crippen molar-refractivity contribution in [1.82, 2.24) is 0 Å². The molecule has 0 atom stereocenters. The molecule has 0 aliphatic carbocycles. The van der Waals surface area contributed by atoms with Crippen LogP contribution in [0, 0.1) is 6.92 Å². The SMILES string of the molecule is Cc1cc(NC(=O)c2ccccc2N)ccc1O. The van der Waals surface area contributed by atoms with E-state index in [2.05, 4.69) is 5.32 Å². The predicted octanol–water partition coefficient (Wildman–Crippen LogP) is 2.54. The van der Waals surface area contributed by atoms with Crippen LogP contribution >= 0.6 is 0 Å². The number of phenols is 1. The molecule has 0 heterocycles. The molecular weight excluding hydrogens is 228 g/mol. The Bertz CT molecular complexity index is 594. The Morgan fingerprint density at radius 2 is 1.94 bits per heavy atom. The number of aryl methyl sites for hydroxylation is 1. The van der Waals surface area contributed by atoms with Gasteiger partial charge in [-0.15, -0.1) is 0 Å². The average molecular weight is 242 g/mol. The summed E-state index contributed by atoms with van der Waals surface area (Å²) in [6.45, 7) is 1.77. The van der Waals surface area contributed by atoms with Crippen LogP contribution in [0.25, 0.3) is 0 Å². The third-order valence-electron chi connectivity index (χ3n) is 2.66. The molecule has 4 nitrogen and oxygen atoms in total. The molecule has 4 heteroatoms. The minimum atomic E-state index is -0.266. The molecule has 0 aromatic heterocycles. The van der Waals surface area contributed by atoms with Crippen LogP contribution < -0.4 is 11.1 Å². The van der Waals surface area contributed by atoms with Gasteiger partial charge in [0.2, 0.25) is 0 Å². The number of nitrogen functional groups attached to an aromatic ring is 1. The highest BCUT2D eigenvalue weighted by Gasteiger charge is 2.09. The van der Waals surface area contributed by atoms with Crippen LogP contribution in [0.4, 0.5) is 11.4 Å². The third-order valence-corrected chi connectivity index (χ3v) is 2.66. The van der Waals surface area contributed by atoms with Crippen LogP contribution in [-0.4, -0.2) is 11.0 Å². The van der Waals surface area contributed by atoms with Gasteiger partial charge in [0, 0.05) is 11.4 Å². The van der Waals surface area contributed by atoms with E-state index in [-0.39, 0.29) is 11.7 Å². The van der Waals surface area contributed by atoms with E-state index in [1.807, 2.05) is 0 Å². The molecular formula is C14H14N2O2. The quantitative estimate of drug-likeness (QED) is 0.559. The van der Waals surface area contributed by atoms with Crippen molar-refractivity contribution in [1.29, 1.82) is 0 Å². The zero-order chi connectivity index (χ0) is 13.1. The maximum atomic E-state index is 12.0. The van der Waals surface area contributed by atoms with Crippen LogP contribution in [0.1, 0.15) is 15.9 Å². The van der Waals surface area contributed by atoms with Gasteiger partial charge in [0.05, 0.1) is 5.56 Å². The molecule has 0 saturated heterocycles. The highest BCUT2D eigenvalue weighted by Crippen LogP contribution is 2.21. The van der Waals surface area contributed by atoms with Gasteiger partial charge < -0.3 is 16.2 Å². The van der Waals surface area contributed by atoms with E-state index in [1.165, 1.54) is 0 Å². The Hall–Kier alpha value is -2.49. The lowest BCUT2D eigenvalue weighted by Crippen LogP contribution is -2.13. The number of carbonyl (C=O) groups excluding carboxylic acids is 1. The van der Waals surface area contributed by atoms with Gasteiger partial charge >= 0.3 is 0 Å². The van der Waals surface area contributed by atoms with E-state index < -0.39 is 0 Å². The summed E-state index contributed by atoms with van der Waals surface area (Å²) in [6.07, 6.45) is 0. The van der Waals surface area contributed by atoms with Gasteiger partial charge in [-0.3, -0.25) is 4.79 Å². The summed E-state index contributed by atoms with van der Waals surface area (Å²) in [5.74, 6) is -0.0644. The van der Waals surface area contributed by atoms with E-state index >= 15 is 0 Å². The number of phenolic OH excluding ortho intramolecular Hbond substituents is 1. The Kier molecular flexibility index (Phi) is 3.19. The van der Waals surface area contributed by atoms with Gasteiger partial charge in [0.1, 0.15) is 5.75 Å². The lowest BCUT2D eigenvalue weighted by Gasteiger charge is -2.08. The molecule has 0 saturated carbocycles. The van der Waals surface area contributed by atoms with Gasteiger partial charge in [-0.2, -0.15) is 0 Å². The molecule has 0 aliphatic rings. The molecule has 2 rings (SSSR count). The summed E-state index contributed by atoms with van der Waals surface area (Å²) in [5, 5.41) is 12.1. The van der Waals surface area contributed by atoms with E-state index in [1.54, 1.807) is 49.4 Å². The Balaban J connectivity index is 2.22. The van der Waals surface area contributed by atoms with Crippen molar-refractivity contribution in [2.45, 2.75) is 6.92 Å². The first kappa shape index (κ1) is 12.0. The molecule has 0 aliphatic heterocycles. The van der Waals surface area contributed by atoms with E-state index in [4.69, 9.17) is 5.73 Å². The lowest BCUT2D eigenvalue weighted by molar-refractivity contribution is 0.102. The van der Waals surface area contributed by atoms with Crippen molar-refractivity contribution in [2.24, 2.45) is 0 Å². The van der Waals surface area contributed by atoms with E-state index in [9.17, 15) is 9.90 Å². The maximum Gasteiger partial charge on any atom is 0.257 e. The highest BCUT2D eigenvalue weighted by atomic mass is 16.3. The number of para-hydroxylation sites is 1. The van der Waals surface area contributed by atoms with Crippen molar-refractivity contribution in [3.63, 3.8) is 0 Å². The van der Waals surface area contributed by atoms with Crippen LogP contribution in [0.5, 0.6) is 5.75 Å². The van der Waals surface area contributed by atoms with Gasteiger partial charge in [-0.05, 0) is 42.8 Å². The normalized spacial score (nSPS) is 10.1. The lowest BCUT2D eigenvalue weighted by atomic mass is 10.1. The number of carbonyl (C=O) groups is 1. The van der Waals surface area contributed by atoms with Crippen molar-refractivity contribution >= 4 is 17.3 Å². The van der Waals surface area contributed by atoms with Gasteiger partial charge in [0.25, 0.3) is 5.91 Å². The topological polar surface area (TPSA) is 75.4 Å². The summed E-state index contributed by atoms with van der Waals surface area (Å²) in [5.41, 5.74) is 7.92. The first-order valence-electron chi connectivity index (χ1n) is 5.53. The van der Waals surface area contributed by atoms with Crippen molar-refractivity contribution in [2.75, 3.05) is 11.1 Å². The average Bonchev–Trinajstić information content (AvgIpc) is 2.34. The van der Waals surface area contributed by atoms with Crippen molar-refractivity contribution in [3.8, 4) is 5.75 Å². The minimum Gasteiger partial charge on any atom is -0.508 e. The highest BCUT2D eigenvalue weighted by molar-refractivity contribution is 6.07. The number of nitrogens with two attached hydrogens (primary N) is 1. The number of nitrogens with one attached hydrogen (secondary N) is 1. The van der Waals surface area contributed by atoms with Gasteiger partial charge in [-0.25, -0.2) is 0 Å². The fourth-order valence-electron chi connectivity index (χ4n) is 1.64. The number of hydrogen-bond acceptors (Lipinski definition) is 3. The second-order valence-corrected chi connectivity index (χ2v) is 4.04. The molecule has 92 valence electrons. The molecule has 0 fully saturated rings. The second kappa shape index (κ2) is 4.79. The van der Waals surface area contributed by atoms with Crippen molar-refractivity contribution < 1.29 is 9.90 Å². The van der Waals surface area contributed by atoms with E-state index in [0.29, 0.717) is 22.5 Å². The number of hydrogen-bond donors (Lipinski definition) is 3. The van der Waals surface area contributed by atoms with E-state index in [0.717, 1.165) is 0 Å². The Morgan fingerprint density at radius 1 is 1.22 bits per heavy atom. The summed E-state index contributed by atoms with van der Waals surface area (Å²) >= 11 is 0. The molecule has 0 radical (unpaired) electrons. The third kappa shape index (κ3) is 2.43. The summed E-state index contributed by atoms with van der Waals surface area (Å²) in [7, 11) is 0. The number of amides is 1. The van der Waals surface area contributed by atoms with Gasteiger partial charge in [-0.1, -0.05) is 12.1 Å². The van der Waals surface area contributed by atoms with Gasteiger partial charge in [0.15, 0.2) is 0 Å². The molecule has 4 N–H and O–H groups in total. The fourth-order valence-corrected chi connectivity index (χ4v) is 1.64. The van der Waals surface area contributed by atoms with Crippen LogP contribution in [-0.2, 0) is 0 Å². The molecule has 0 bridgehead atoms. The zero-order valence-corrected chi connectivity index (χ0v) is 9.97. The number of anilines is 2. The number of rotatable bonds is 2. The first-order valence-corrected chi connectivity index (χ1v) is 5.53.